The second-order valence-electron chi connectivity index (χ2n) is 3.81. The number of carboxylic acids is 1. The highest BCUT2D eigenvalue weighted by Crippen LogP contribution is 2.29. The molecule has 0 amide bonds. The molecule has 0 aliphatic heterocycles. The van der Waals surface area contributed by atoms with Crippen LogP contribution in [0.2, 0.25) is 0 Å². The lowest BCUT2D eigenvalue weighted by Gasteiger charge is -2.09. The molecule has 0 saturated heterocycles. The normalized spacial score (nSPS) is 11.2. The number of carboxylic acid groups (broad SMARTS) is 1. The lowest BCUT2D eigenvalue weighted by molar-refractivity contribution is -0.274. The average molecular weight is 315 g/mol. The number of hydrogen-bond donors (Lipinski definition) is 1. The van der Waals surface area contributed by atoms with Gasteiger partial charge in [0.2, 0.25) is 0 Å². The molecule has 21 heavy (non-hydrogen) atoms. The molecule has 8 heteroatoms. The Morgan fingerprint density at radius 3 is 2.29 bits per heavy atom. The molecule has 0 aliphatic rings. The van der Waals surface area contributed by atoms with Crippen LogP contribution >= 0.6 is 11.8 Å². The predicted octanol–water partition coefficient (Wildman–Crippen LogP) is 3.83. The molecule has 0 spiro atoms. The highest BCUT2D eigenvalue weighted by molar-refractivity contribution is 7.99. The number of nitrogens with zero attached hydrogens (tertiary/aromatic N) is 1. The van der Waals surface area contributed by atoms with E-state index in [0.717, 1.165) is 0 Å². The van der Waals surface area contributed by atoms with Gasteiger partial charge in [0.15, 0.2) is 0 Å². The predicted molar refractivity (Wildman–Crippen MR) is 68.4 cm³/mol. The van der Waals surface area contributed by atoms with Crippen molar-refractivity contribution in [3.05, 3.63) is 48.2 Å². The first kappa shape index (κ1) is 15.2. The number of benzene rings is 1. The summed E-state index contributed by atoms with van der Waals surface area (Å²) in [4.78, 5) is 15.3. The quantitative estimate of drug-likeness (QED) is 0.929. The van der Waals surface area contributed by atoms with E-state index in [1.807, 2.05) is 0 Å². The molecule has 1 aromatic heterocycles. The number of carbonyl (C=O) groups is 1. The first-order valence-corrected chi connectivity index (χ1v) is 6.38. The second kappa shape index (κ2) is 6.04. The van der Waals surface area contributed by atoms with Crippen LogP contribution in [0.4, 0.5) is 13.2 Å². The van der Waals surface area contributed by atoms with Crippen molar-refractivity contribution in [1.82, 2.24) is 4.98 Å². The van der Waals surface area contributed by atoms with E-state index in [2.05, 4.69) is 9.72 Å². The van der Waals surface area contributed by atoms with Crippen LogP contribution in [-0.4, -0.2) is 22.4 Å². The highest BCUT2D eigenvalue weighted by Gasteiger charge is 2.30. The third-order valence-electron chi connectivity index (χ3n) is 2.26. The first-order chi connectivity index (χ1) is 9.83. The molecule has 1 N–H and O–H groups in total. The Bertz CT molecular complexity index is 627. The number of alkyl halides is 3. The Balaban J connectivity index is 2.04. The van der Waals surface area contributed by atoms with Gasteiger partial charge in [0.1, 0.15) is 10.8 Å². The fraction of sp³-hybridized carbons (Fsp3) is 0.0769. The van der Waals surface area contributed by atoms with E-state index in [9.17, 15) is 18.0 Å². The van der Waals surface area contributed by atoms with E-state index in [1.165, 1.54) is 54.4 Å². The number of ether oxygens (including phenoxy) is 1. The maximum Gasteiger partial charge on any atom is 0.573 e. The minimum atomic E-state index is -4.72. The van der Waals surface area contributed by atoms with Crippen LogP contribution in [0.3, 0.4) is 0 Å². The number of halogens is 3. The van der Waals surface area contributed by atoms with Gasteiger partial charge in [-0.2, -0.15) is 0 Å². The smallest absolute Gasteiger partial charge is 0.478 e. The first-order valence-electron chi connectivity index (χ1n) is 5.56. The van der Waals surface area contributed by atoms with Crippen LogP contribution in [0, 0.1) is 0 Å². The van der Waals surface area contributed by atoms with Crippen molar-refractivity contribution in [2.24, 2.45) is 0 Å². The minimum Gasteiger partial charge on any atom is -0.478 e. The molecule has 110 valence electrons. The van der Waals surface area contributed by atoms with Gasteiger partial charge in [-0.1, -0.05) is 11.8 Å². The molecule has 0 fully saturated rings. The van der Waals surface area contributed by atoms with Gasteiger partial charge in [0, 0.05) is 11.1 Å². The van der Waals surface area contributed by atoms with Crippen LogP contribution in [-0.2, 0) is 0 Å². The summed E-state index contributed by atoms with van der Waals surface area (Å²) in [5, 5.41) is 9.27. The van der Waals surface area contributed by atoms with Crippen LogP contribution in [0.1, 0.15) is 10.4 Å². The van der Waals surface area contributed by atoms with Gasteiger partial charge < -0.3 is 9.84 Å². The summed E-state index contributed by atoms with van der Waals surface area (Å²) in [6.07, 6.45) is -3.51. The van der Waals surface area contributed by atoms with Crippen molar-refractivity contribution in [1.29, 1.82) is 0 Å². The van der Waals surface area contributed by atoms with Gasteiger partial charge >= 0.3 is 12.3 Å². The lowest BCUT2D eigenvalue weighted by Crippen LogP contribution is -2.16. The third-order valence-corrected chi connectivity index (χ3v) is 3.22. The third kappa shape index (κ3) is 4.67. The molecule has 0 radical (unpaired) electrons. The molecule has 2 aromatic rings. The second-order valence-corrected chi connectivity index (χ2v) is 4.91. The van der Waals surface area contributed by atoms with Crippen molar-refractivity contribution in [3.8, 4) is 5.75 Å². The number of rotatable bonds is 4. The number of aromatic carboxylic acids is 1. The summed E-state index contributed by atoms with van der Waals surface area (Å²) in [6, 6.07) is 8.23. The van der Waals surface area contributed by atoms with Gasteiger partial charge in [-0.05, 0) is 36.4 Å². The van der Waals surface area contributed by atoms with Crippen LogP contribution in [0.15, 0.2) is 52.5 Å². The Morgan fingerprint density at radius 2 is 1.81 bits per heavy atom. The Morgan fingerprint density at radius 1 is 1.14 bits per heavy atom. The Hall–Kier alpha value is -2.22. The van der Waals surface area contributed by atoms with E-state index in [0.29, 0.717) is 9.92 Å². The van der Waals surface area contributed by atoms with E-state index >= 15 is 0 Å². The lowest BCUT2D eigenvalue weighted by atomic mass is 10.3. The highest BCUT2D eigenvalue weighted by atomic mass is 32.2. The minimum absolute atomic E-state index is 0.0632. The van der Waals surface area contributed by atoms with Crippen molar-refractivity contribution >= 4 is 17.7 Å². The van der Waals surface area contributed by atoms with Crippen LogP contribution < -0.4 is 4.74 Å². The number of hydrogen-bond acceptors (Lipinski definition) is 4. The zero-order chi connectivity index (χ0) is 15.5. The zero-order valence-corrected chi connectivity index (χ0v) is 11.1. The summed E-state index contributed by atoms with van der Waals surface area (Å²) < 4.78 is 39.8. The SMILES string of the molecule is O=C(O)c1ccc(Sc2ccc(OC(F)(F)F)cc2)nc1. The summed E-state index contributed by atoms with van der Waals surface area (Å²) in [6.45, 7) is 0. The van der Waals surface area contributed by atoms with Gasteiger partial charge in [0.25, 0.3) is 0 Å². The maximum atomic E-state index is 12.0. The standard InChI is InChI=1S/C13H8F3NO3S/c14-13(15,16)20-9-2-4-10(5-3-9)21-11-6-1-8(7-17-11)12(18)19/h1-7H,(H,18,19). The molecule has 1 aromatic carbocycles. The molecule has 0 bridgehead atoms. The average Bonchev–Trinajstić information content (AvgIpc) is 2.40. The monoisotopic (exact) mass is 315 g/mol. The molecule has 1 heterocycles. The molecule has 0 saturated carbocycles. The Kier molecular flexibility index (Phi) is 4.37. The van der Waals surface area contributed by atoms with Crippen molar-refractivity contribution < 1.29 is 27.8 Å². The molecule has 2 rings (SSSR count). The van der Waals surface area contributed by atoms with E-state index in [-0.39, 0.29) is 11.3 Å². The molecular weight excluding hydrogens is 307 g/mol. The zero-order valence-electron chi connectivity index (χ0n) is 10.3. The van der Waals surface area contributed by atoms with Gasteiger partial charge in [0.05, 0.1) is 5.56 Å². The van der Waals surface area contributed by atoms with Crippen LogP contribution in [0.5, 0.6) is 5.75 Å². The fourth-order valence-corrected chi connectivity index (χ4v) is 2.15. The summed E-state index contributed by atoms with van der Waals surface area (Å²) in [5.41, 5.74) is 0.0632. The summed E-state index contributed by atoms with van der Waals surface area (Å²) in [7, 11) is 0. The van der Waals surface area contributed by atoms with Crippen molar-refractivity contribution in [2.75, 3.05) is 0 Å². The summed E-state index contributed by atoms with van der Waals surface area (Å²) >= 11 is 1.19. The van der Waals surface area contributed by atoms with Crippen molar-refractivity contribution in [3.63, 3.8) is 0 Å². The Labute approximate surface area is 121 Å². The van der Waals surface area contributed by atoms with E-state index < -0.39 is 12.3 Å². The van der Waals surface area contributed by atoms with Gasteiger partial charge in [-0.25, -0.2) is 9.78 Å². The van der Waals surface area contributed by atoms with E-state index in [4.69, 9.17) is 5.11 Å². The van der Waals surface area contributed by atoms with Gasteiger partial charge in [-0.3, -0.25) is 0 Å². The largest absolute Gasteiger partial charge is 0.573 e. The fourth-order valence-electron chi connectivity index (χ4n) is 1.40. The van der Waals surface area contributed by atoms with Crippen LogP contribution in [0.25, 0.3) is 0 Å². The molecule has 0 aliphatic carbocycles. The molecule has 0 unspecified atom stereocenters. The molecule has 0 atom stereocenters. The number of pyridine rings is 1. The van der Waals surface area contributed by atoms with E-state index in [1.54, 1.807) is 0 Å². The molecular formula is C13H8F3NO3S. The number of aromatic nitrogens is 1. The summed E-state index contributed by atoms with van der Waals surface area (Å²) in [5.74, 6) is -1.38. The van der Waals surface area contributed by atoms with Gasteiger partial charge in [-0.15, -0.1) is 13.2 Å². The maximum absolute atomic E-state index is 12.0. The van der Waals surface area contributed by atoms with Crippen molar-refractivity contribution in [2.45, 2.75) is 16.3 Å². The molecule has 4 nitrogen and oxygen atoms in total. The topological polar surface area (TPSA) is 59.4 Å².